The summed E-state index contributed by atoms with van der Waals surface area (Å²) in [5.41, 5.74) is 1.67. The van der Waals surface area contributed by atoms with Crippen LogP contribution in [0.25, 0.3) is 10.9 Å². The first-order valence-electron chi connectivity index (χ1n) is 10.6. The van der Waals surface area contributed by atoms with E-state index in [4.69, 9.17) is 0 Å². The third-order valence-corrected chi connectivity index (χ3v) is 6.34. The Bertz CT molecular complexity index is 826. The Balaban J connectivity index is 1.17. The van der Waals surface area contributed by atoms with Crippen LogP contribution in [0.3, 0.4) is 0 Å². The van der Waals surface area contributed by atoms with Crippen LogP contribution in [0, 0.1) is 17.8 Å². The average molecular weight is 363 g/mol. The fourth-order valence-corrected chi connectivity index (χ4v) is 4.80. The van der Waals surface area contributed by atoms with Gasteiger partial charge in [0.1, 0.15) is 11.3 Å². The summed E-state index contributed by atoms with van der Waals surface area (Å²) in [6.45, 7) is 0.875. The highest BCUT2D eigenvalue weighted by molar-refractivity contribution is 6.00. The normalized spacial score (nSPS) is 24.2. The highest BCUT2D eigenvalue weighted by atomic mass is 16.3. The molecule has 1 aromatic heterocycles. The predicted octanol–water partition coefficient (Wildman–Crippen LogP) is 5.91. The van der Waals surface area contributed by atoms with E-state index in [0.29, 0.717) is 5.52 Å². The molecule has 3 nitrogen and oxygen atoms in total. The van der Waals surface area contributed by atoms with E-state index in [9.17, 15) is 5.11 Å². The third-order valence-electron chi connectivity index (χ3n) is 6.34. The Kier molecular flexibility index (Phi) is 5.86. The first-order valence-corrected chi connectivity index (χ1v) is 10.6. The summed E-state index contributed by atoms with van der Waals surface area (Å²) in [6, 6.07) is 7.49. The van der Waals surface area contributed by atoms with Gasteiger partial charge < -0.3 is 5.11 Å². The molecule has 0 spiro atoms. The average Bonchev–Trinajstić information content (AvgIpc) is 2.72. The molecule has 1 aromatic carbocycles. The molecule has 2 aromatic rings. The molecule has 0 radical (unpaired) electrons. The van der Waals surface area contributed by atoms with E-state index < -0.39 is 0 Å². The largest absolute Gasteiger partial charge is 0.506 e. The van der Waals surface area contributed by atoms with Gasteiger partial charge in [-0.2, -0.15) is 0 Å². The summed E-state index contributed by atoms with van der Waals surface area (Å²) in [4.78, 5) is 8.85. The van der Waals surface area contributed by atoms with Crippen LogP contribution in [-0.4, -0.2) is 22.8 Å². The zero-order chi connectivity index (χ0) is 18.5. The van der Waals surface area contributed by atoms with Crippen molar-refractivity contribution in [2.24, 2.45) is 22.7 Å². The molecule has 3 aliphatic carbocycles. The maximum Gasteiger partial charge on any atom is 0.141 e. The molecule has 0 amide bonds. The zero-order valence-electron chi connectivity index (χ0n) is 16.1. The third kappa shape index (κ3) is 4.40. The maximum absolute atomic E-state index is 9.91. The quantitative estimate of drug-likeness (QED) is 0.360. The molecule has 1 N–H and O–H groups in total. The van der Waals surface area contributed by atoms with Gasteiger partial charge in [-0.15, -0.1) is 0 Å². The SMILES string of the molecule is Oc1ccc(C=NCCCCCCC2CC3C=CC2CC3)c2cccnc12. The first kappa shape index (κ1) is 18.2. The van der Waals surface area contributed by atoms with E-state index in [2.05, 4.69) is 22.1 Å². The van der Waals surface area contributed by atoms with E-state index >= 15 is 0 Å². The number of phenols is 1. The molecule has 1 fully saturated rings. The van der Waals surface area contributed by atoms with Crippen LogP contribution < -0.4 is 0 Å². The lowest BCUT2D eigenvalue weighted by Gasteiger charge is -2.38. The van der Waals surface area contributed by atoms with Gasteiger partial charge in [0.15, 0.2) is 0 Å². The van der Waals surface area contributed by atoms with Gasteiger partial charge in [-0.3, -0.25) is 9.98 Å². The summed E-state index contributed by atoms with van der Waals surface area (Å²) in [5, 5.41) is 10.9. The molecule has 142 valence electrons. The number of allylic oxidation sites excluding steroid dienone is 2. The van der Waals surface area contributed by atoms with Gasteiger partial charge in [0.2, 0.25) is 0 Å². The number of fused-ring (bicyclic) bond motifs is 3. The number of unbranched alkanes of at least 4 members (excludes halogenated alkanes) is 3. The summed E-state index contributed by atoms with van der Waals surface area (Å²) in [5.74, 6) is 2.96. The molecule has 27 heavy (non-hydrogen) atoms. The summed E-state index contributed by atoms with van der Waals surface area (Å²) >= 11 is 0. The molecule has 1 saturated carbocycles. The number of pyridine rings is 1. The van der Waals surface area contributed by atoms with E-state index in [1.54, 1.807) is 12.3 Å². The second-order valence-electron chi connectivity index (χ2n) is 8.19. The molecule has 3 heteroatoms. The van der Waals surface area contributed by atoms with Crippen molar-refractivity contribution in [1.82, 2.24) is 4.98 Å². The van der Waals surface area contributed by atoms with Crippen LogP contribution in [0.4, 0.5) is 0 Å². The van der Waals surface area contributed by atoms with Crippen LogP contribution in [0.2, 0.25) is 0 Å². The first-order chi connectivity index (χ1) is 13.3. The van der Waals surface area contributed by atoms with Crippen molar-refractivity contribution < 1.29 is 5.11 Å². The van der Waals surface area contributed by atoms with E-state index in [1.807, 2.05) is 24.4 Å². The standard InChI is InChI=1S/C24H30N2O/c27-23-13-12-21(22-7-5-15-26-24(22)23)17-25-14-4-2-1-3-6-20-16-18-8-10-19(20)11-9-18/h5,7-8,10,12-13,15,17-20,27H,1-4,6,9,11,14,16H2. The molecular formula is C24H30N2O. The van der Waals surface area contributed by atoms with Gasteiger partial charge in [0.25, 0.3) is 0 Å². The van der Waals surface area contributed by atoms with Gasteiger partial charge >= 0.3 is 0 Å². The lowest BCUT2D eigenvalue weighted by molar-refractivity contribution is 0.205. The second-order valence-corrected chi connectivity index (χ2v) is 8.19. The van der Waals surface area contributed by atoms with Crippen molar-refractivity contribution in [2.75, 3.05) is 6.54 Å². The Labute approximate surface area is 162 Å². The topological polar surface area (TPSA) is 45.5 Å². The number of aliphatic imine (C=N–C) groups is 1. The van der Waals surface area contributed by atoms with Gasteiger partial charge in [-0.1, -0.05) is 37.5 Å². The summed E-state index contributed by atoms with van der Waals surface area (Å²) < 4.78 is 0. The molecular weight excluding hydrogens is 332 g/mol. The van der Waals surface area contributed by atoms with E-state index in [0.717, 1.165) is 41.7 Å². The van der Waals surface area contributed by atoms with E-state index in [1.165, 1.54) is 44.9 Å². The van der Waals surface area contributed by atoms with Crippen molar-refractivity contribution in [3.63, 3.8) is 0 Å². The second kappa shape index (κ2) is 8.69. The number of nitrogens with zero attached hydrogens (tertiary/aromatic N) is 2. The minimum absolute atomic E-state index is 0.226. The smallest absolute Gasteiger partial charge is 0.141 e. The van der Waals surface area contributed by atoms with Gasteiger partial charge in [0.05, 0.1) is 0 Å². The van der Waals surface area contributed by atoms with Crippen molar-refractivity contribution >= 4 is 17.1 Å². The number of benzene rings is 1. The molecule has 0 aliphatic heterocycles. The Hall–Kier alpha value is -2.16. The summed E-state index contributed by atoms with van der Waals surface area (Å²) in [7, 11) is 0. The number of hydrogen-bond acceptors (Lipinski definition) is 3. The Morgan fingerprint density at radius 2 is 2.00 bits per heavy atom. The lowest BCUT2D eigenvalue weighted by Crippen LogP contribution is -2.27. The lowest BCUT2D eigenvalue weighted by atomic mass is 9.67. The van der Waals surface area contributed by atoms with Crippen LogP contribution >= 0.6 is 0 Å². The van der Waals surface area contributed by atoms with Crippen LogP contribution in [0.1, 0.15) is 56.9 Å². The van der Waals surface area contributed by atoms with E-state index in [-0.39, 0.29) is 5.75 Å². The Morgan fingerprint density at radius 3 is 2.81 bits per heavy atom. The fraction of sp³-hybridized carbons (Fsp3) is 0.500. The number of aromatic hydroxyl groups is 1. The molecule has 2 bridgehead atoms. The molecule has 3 aliphatic rings. The monoisotopic (exact) mass is 362 g/mol. The Morgan fingerprint density at radius 1 is 1.07 bits per heavy atom. The minimum Gasteiger partial charge on any atom is -0.506 e. The molecule has 3 atom stereocenters. The highest BCUT2D eigenvalue weighted by Crippen LogP contribution is 2.42. The number of rotatable bonds is 8. The molecule has 1 heterocycles. The van der Waals surface area contributed by atoms with Crippen molar-refractivity contribution in [1.29, 1.82) is 0 Å². The van der Waals surface area contributed by atoms with Crippen LogP contribution in [-0.2, 0) is 0 Å². The van der Waals surface area contributed by atoms with Crippen LogP contribution in [0.15, 0.2) is 47.6 Å². The highest BCUT2D eigenvalue weighted by Gasteiger charge is 2.30. The fourth-order valence-electron chi connectivity index (χ4n) is 4.80. The van der Waals surface area contributed by atoms with Crippen molar-refractivity contribution in [3.05, 3.63) is 48.2 Å². The van der Waals surface area contributed by atoms with Gasteiger partial charge in [0, 0.05) is 29.9 Å². The van der Waals surface area contributed by atoms with Gasteiger partial charge in [-0.25, -0.2) is 0 Å². The van der Waals surface area contributed by atoms with Crippen LogP contribution in [0.5, 0.6) is 5.75 Å². The minimum atomic E-state index is 0.226. The zero-order valence-corrected chi connectivity index (χ0v) is 16.1. The summed E-state index contributed by atoms with van der Waals surface area (Å²) in [6.07, 6.45) is 19.5. The van der Waals surface area contributed by atoms with Crippen molar-refractivity contribution in [3.8, 4) is 5.75 Å². The maximum atomic E-state index is 9.91. The number of hydrogen-bond donors (Lipinski definition) is 1. The number of phenolic OH excluding ortho intramolecular Hbond substituents is 1. The van der Waals surface area contributed by atoms with Gasteiger partial charge in [-0.05, 0) is 68.1 Å². The molecule has 3 unspecified atom stereocenters. The van der Waals surface area contributed by atoms with Crippen molar-refractivity contribution in [2.45, 2.75) is 51.4 Å². The molecule has 5 rings (SSSR count). The predicted molar refractivity (Wildman–Crippen MR) is 112 cm³/mol. The molecule has 0 saturated heterocycles. The number of aromatic nitrogens is 1.